The molecule has 2 aliphatic heterocycles. The Kier molecular flexibility index (Phi) is 5.37. The lowest BCUT2D eigenvalue weighted by atomic mass is 10.1. The number of nitrogens with zero attached hydrogens (tertiary/aromatic N) is 3. The Hall–Kier alpha value is -2.38. The molecule has 0 saturated carbocycles. The number of carbonyl (C=O) groups excluding carboxylic acids is 2. The van der Waals surface area contributed by atoms with Crippen molar-refractivity contribution in [2.45, 2.75) is 12.5 Å². The third-order valence-corrected chi connectivity index (χ3v) is 5.86. The van der Waals surface area contributed by atoms with Gasteiger partial charge in [0.1, 0.15) is 5.75 Å². The molecule has 2 heterocycles. The normalized spacial score (nSPS) is 20.7. The SMILES string of the molecule is COc1ccccc1N1CCN([C@@H]2CC(=O)N(c3cccc(Br)c3)C2=O)CC1. The van der Waals surface area contributed by atoms with Crippen LogP contribution >= 0.6 is 15.9 Å². The number of para-hydroxylation sites is 2. The average Bonchev–Trinajstić information content (AvgIpc) is 3.02. The van der Waals surface area contributed by atoms with Crippen molar-refractivity contribution in [1.82, 2.24) is 4.90 Å². The molecule has 2 aliphatic rings. The van der Waals surface area contributed by atoms with E-state index in [9.17, 15) is 9.59 Å². The van der Waals surface area contributed by atoms with E-state index in [4.69, 9.17) is 4.74 Å². The average molecular weight is 444 g/mol. The van der Waals surface area contributed by atoms with E-state index in [0.717, 1.165) is 42.1 Å². The number of anilines is 2. The summed E-state index contributed by atoms with van der Waals surface area (Å²) in [5.41, 5.74) is 1.69. The lowest BCUT2D eigenvalue weighted by Gasteiger charge is -2.38. The van der Waals surface area contributed by atoms with Gasteiger partial charge in [-0.15, -0.1) is 0 Å². The zero-order valence-electron chi connectivity index (χ0n) is 15.7. The van der Waals surface area contributed by atoms with Crippen LogP contribution in [0.2, 0.25) is 0 Å². The minimum absolute atomic E-state index is 0.131. The molecular formula is C21H22BrN3O3. The van der Waals surface area contributed by atoms with Crippen LogP contribution in [0.3, 0.4) is 0 Å². The number of methoxy groups -OCH3 is 1. The number of benzene rings is 2. The van der Waals surface area contributed by atoms with Gasteiger partial charge in [-0.25, -0.2) is 4.90 Å². The molecule has 0 aliphatic carbocycles. The summed E-state index contributed by atoms with van der Waals surface area (Å²) in [5, 5.41) is 0. The molecule has 0 unspecified atom stereocenters. The van der Waals surface area contributed by atoms with Crippen LogP contribution in [0.4, 0.5) is 11.4 Å². The highest BCUT2D eigenvalue weighted by atomic mass is 79.9. The molecule has 2 aromatic rings. The van der Waals surface area contributed by atoms with Gasteiger partial charge in [0.15, 0.2) is 0 Å². The molecule has 0 spiro atoms. The smallest absolute Gasteiger partial charge is 0.251 e. The van der Waals surface area contributed by atoms with Gasteiger partial charge in [0.05, 0.1) is 30.9 Å². The van der Waals surface area contributed by atoms with Crippen molar-refractivity contribution in [2.24, 2.45) is 0 Å². The molecule has 0 aromatic heterocycles. The minimum Gasteiger partial charge on any atom is -0.495 e. The summed E-state index contributed by atoms with van der Waals surface area (Å²) in [5.74, 6) is 0.581. The Morgan fingerprint density at radius 1 is 1.00 bits per heavy atom. The molecule has 2 aromatic carbocycles. The molecule has 2 fully saturated rings. The first-order valence-corrected chi connectivity index (χ1v) is 10.1. The van der Waals surface area contributed by atoms with Crippen molar-refractivity contribution in [3.63, 3.8) is 0 Å². The molecule has 2 amide bonds. The van der Waals surface area contributed by atoms with Crippen LogP contribution in [0.1, 0.15) is 6.42 Å². The van der Waals surface area contributed by atoms with E-state index in [0.29, 0.717) is 5.69 Å². The Bertz CT molecular complexity index is 896. The Balaban J connectivity index is 1.45. The standard InChI is InChI=1S/C21H22BrN3O3/c1-28-19-8-3-2-7-17(19)23-9-11-24(12-10-23)18-14-20(26)25(21(18)27)16-6-4-5-15(22)13-16/h2-8,13,18H,9-12,14H2,1H3/t18-/m1/s1. The maximum atomic E-state index is 13.0. The number of hydrogen-bond donors (Lipinski definition) is 0. The Morgan fingerprint density at radius 2 is 1.75 bits per heavy atom. The number of carbonyl (C=O) groups is 2. The van der Waals surface area contributed by atoms with E-state index in [1.165, 1.54) is 4.90 Å². The van der Waals surface area contributed by atoms with Crippen LogP contribution in [0.25, 0.3) is 0 Å². The number of ether oxygens (including phenoxy) is 1. The molecule has 2 saturated heterocycles. The molecule has 0 bridgehead atoms. The quantitative estimate of drug-likeness (QED) is 0.679. The van der Waals surface area contributed by atoms with Gasteiger partial charge in [-0.2, -0.15) is 0 Å². The summed E-state index contributed by atoms with van der Waals surface area (Å²) in [4.78, 5) is 31.3. The van der Waals surface area contributed by atoms with Gasteiger partial charge < -0.3 is 9.64 Å². The fraction of sp³-hybridized carbons (Fsp3) is 0.333. The van der Waals surface area contributed by atoms with Crippen LogP contribution in [-0.4, -0.2) is 56.0 Å². The zero-order chi connectivity index (χ0) is 19.7. The first kappa shape index (κ1) is 19.0. The zero-order valence-corrected chi connectivity index (χ0v) is 17.3. The van der Waals surface area contributed by atoms with Gasteiger partial charge in [0, 0.05) is 30.7 Å². The first-order valence-electron chi connectivity index (χ1n) is 9.33. The molecule has 1 atom stereocenters. The van der Waals surface area contributed by atoms with E-state index < -0.39 is 0 Å². The van der Waals surface area contributed by atoms with E-state index >= 15 is 0 Å². The van der Waals surface area contributed by atoms with Crippen LogP contribution in [0, 0.1) is 0 Å². The monoisotopic (exact) mass is 443 g/mol. The van der Waals surface area contributed by atoms with E-state index in [1.54, 1.807) is 19.2 Å². The van der Waals surface area contributed by atoms with Gasteiger partial charge in [0.2, 0.25) is 5.91 Å². The third-order valence-electron chi connectivity index (χ3n) is 5.37. The van der Waals surface area contributed by atoms with Gasteiger partial charge >= 0.3 is 0 Å². The lowest BCUT2D eigenvalue weighted by molar-refractivity contribution is -0.123. The molecule has 28 heavy (non-hydrogen) atoms. The summed E-state index contributed by atoms with van der Waals surface area (Å²) in [6.45, 7) is 3.03. The second-order valence-corrected chi connectivity index (χ2v) is 7.88. The Labute approximate surface area is 172 Å². The van der Waals surface area contributed by atoms with Gasteiger partial charge in [0.25, 0.3) is 5.91 Å². The van der Waals surface area contributed by atoms with Crippen LogP contribution in [0.5, 0.6) is 5.75 Å². The molecule has 6 nitrogen and oxygen atoms in total. The number of halogens is 1. The maximum absolute atomic E-state index is 13.0. The minimum atomic E-state index is -0.383. The maximum Gasteiger partial charge on any atom is 0.251 e. The molecule has 4 rings (SSSR count). The van der Waals surface area contributed by atoms with Gasteiger partial charge in [-0.3, -0.25) is 14.5 Å². The fourth-order valence-corrected chi connectivity index (χ4v) is 4.34. The van der Waals surface area contributed by atoms with Crippen LogP contribution in [0.15, 0.2) is 53.0 Å². The highest BCUT2D eigenvalue weighted by Crippen LogP contribution is 2.31. The largest absolute Gasteiger partial charge is 0.495 e. The molecule has 0 N–H and O–H groups in total. The van der Waals surface area contributed by atoms with Crippen molar-refractivity contribution in [1.29, 1.82) is 0 Å². The number of imide groups is 1. The summed E-state index contributed by atoms with van der Waals surface area (Å²) in [6, 6.07) is 14.9. The van der Waals surface area contributed by atoms with Crippen molar-refractivity contribution in [3.05, 3.63) is 53.0 Å². The summed E-state index contributed by atoms with van der Waals surface area (Å²) in [7, 11) is 1.68. The number of piperazine rings is 1. The predicted octanol–water partition coefficient (Wildman–Crippen LogP) is 2.91. The van der Waals surface area contributed by atoms with E-state index in [1.807, 2.05) is 36.4 Å². The number of hydrogen-bond acceptors (Lipinski definition) is 5. The summed E-state index contributed by atoms with van der Waals surface area (Å²) < 4.78 is 6.31. The molecular weight excluding hydrogens is 422 g/mol. The van der Waals surface area contributed by atoms with E-state index in [2.05, 4.69) is 25.7 Å². The van der Waals surface area contributed by atoms with Crippen LogP contribution in [-0.2, 0) is 9.59 Å². The van der Waals surface area contributed by atoms with Crippen molar-refractivity contribution in [2.75, 3.05) is 43.1 Å². The van der Waals surface area contributed by atoms with E-state index in [-0.39, 0.29) is 24.3 Å². The predicted molar refractivity (Wildman–Crippen MR) is 112 cm³/mol. The van der Waals surface area contributed by atoms with Crippen molar-refractivity contribution >= 4 is 39.1 Å². The van der Waals surface area contributed by atoms with Crippen molar-refractivity contribution < 1.29 is 14.3 Å². The molecule has 7 heteroatoms. The molecule has 146 valence electrons. The van der Waals surface area contributed by atoms with Crippen molar-refractivity contribution in [3.8, 4) is 5.75 Å². The highest BCUT2D eigenvalue weighted by Gasteiger charge is 2.43. The second-order valence-electron chi connectivity index (χ2n) is 6.96. The summed E-state index contributed by atoms with van der Waals surface area (Å²) >= 11 is 3.41. The van der Waals surface area contributed by atoms with Gasteiger partial charge in [-0.1, -0.05) is 34.1 Å². The van der Waals surface area contributed by atoms with Gasteiger partial charge in [-0.05, 0) is 30.3 Å². The second kappa shape index (κ2) is 7.93. The first-order chi connectivity index (χ1) is 13.6. The van der Waals surface area contributed by atoms with Crippen LogP contribution < -0.4 is 14.5 Å². The number of rotatable bonds is 4. The summed E-state index contributed by atoms with van der Waals surface area (Å²) in [6.07, 6.45) is 0.236. The fourth-order valence-electron chi connectivity index (χ4n) is 3.95. The number of amides is 2. The lowest BCUT2D eigenvalue weighted by Crippen LogP contribution is -2.52. The third kappa shape index (κ3) is 3.52. The molecule has 0 radical (unpaired) electrons. The topological polar surface area (TPSA) is 53.1 Å². The Morgan fingerprint density at radius 3 is 2.46 bits per heavy atom. The highest BCUT2D eigenvalue weighted by molar-refractivity contribution is 9.10.